The number of hydrogen-bond acceptors (Lipinski definition) is 3. The minimum absolute atomic E-state index is 0.0301. The minimum Gasteiger partial charge on any atom is -0.458 e. The van der Waals surface area contributed by atoms with E-state index in [4.69, 9.17) is 4.74 Å². The van der Waals surface area contributed by atoms with Crippen LogP contribution in [-0.2, 0) is 9.53 Å². The highest BCUT2D eigenvalue weighted by Crippen LogP contribution is 2.35. The highest BCUT2D eigenvalue weighted by molar-refractivity contribution is 5.70. The summed E-state index contributed by atoms with van der Waals surface area (Å²) in [6, 6.07) is 0. The van der Waals surface area contributed by atoms with Crippen LogP contribution in [0.5, 0.6) is 0 Å². The number of esters is 1. The molecule has 0 aromatic rings. The predicted octanol–water partition coefficient (Wildman–Crippen LogP) is 0.692. The summed E-state index contributed by atoms with van der Waals surface area (Å²) in [5.41, 5.74) is -0.215. The first-order chi connectivity index (χ1) is 5.71. The molecule has 2 rings (SSSR count). The summed E-state index contributed by atoms with van der Waals surface area (Å²) in [6.07, 6.45) is 2.76. The van der Waals surface area contributed by atoms with Crippen LogP contribution in [-0.4, -0.2) is 24.7 Å². The Hall–Kier alpha value is -0.570. The number of piperidine rings is 1. The van der Waals surface area contributed by atoms with E-state index in [1.54, 1.807) is 0 Å². The summed E-state index contributed by atoms with van der Waals surface area (Å²) in [5, 5.41) is 3.27. The first-order valence-electron chi connectivity index (χ1n) is 4.63. The van der Waals surface area contributed by atoms with Crippen molar-refractivity contribution in [1.82, 2.24) is 5.32 Å². The number of carbonyl (C=O) groups is 1. The topological polar surface area (TPSA) is 38.3 Å². The first kappa shape index (κ1) is 8.05. The molecule has 2 aliphatic heterocycles. The highest BCUT2D eigenvalue weighted by atomic mass is 16.6. The zero-order valence-electron chi connectivity index (χ0n) is 7.43. The molecule has 2 heterocycles. The van der Waals surface area contributed by atoms with Crippen LogP contribution in [0, 0.1) is 5.92 Å². The number of nitrogens with one attached hydrogen (secondary N) is 1. The van der Waals surface area contributed by atoms with Gasteiger partial charge < -0.3 is 10.1 Å². The third-order valence-corrected chi connectivity index (χ3v) is 3.05. The molecule has 0 aromatic heterocycles. The van der Waals surface area contributed by atoms with Gasteiger partial charge in [0.1, 0.15) is 5.60 Å². The molecule has 0 aliphatic carbocycles. The molecular weight excluding hydrogens is 154 g/mol. The molecule has 68 valence electrons. The Bertz CT molecular complexity index is 205. The van der Waals surface area contributed by atoms with Gasteiger partial charge in [-0.2, -0.15) is 0 Å². The molecule has 0 saturated carbocycles. The van der Waals surface area contributed by atoms with E-state index in [0.717, 1.165) is 25.9 Å². The fourth-order valence-electron chi connectivity index (χ4n) is 2.23. The van der Waals surface area contributed by atoms with Gasteiger partial charge in [-0.05, 0) is 26.3 Å². The van der Waals surface area contributed by atoms with Crippen molar-refractivity contribution < 1.29 is 9.53 Å². The lowest BCUT2D eigenvalue weighted by Gasteiger charge is -2.44. The summed E-state index contributed by atoms with van der Waals surface area (Å²) in [4.78, 5) is 11.1. The Morgan fingerprint density at radius 2 is 2.42 bits per heavy atom. The molecule has 3 nitrogen and oxygen atoms in total. The van der Waals surface area contributed by atoms with Crippen molar-refractivity contribution >= 4 is 5.97 Å². The van der Waals surface area contributed by atoms with Gasteiger partial charge in [0, 0.05) is 18.9 Å². The van der Waals surface area contributed by atoms with E-state index in [0.29, 0.717) is 12.3 Å². The number of carbonyl (C=O) groups excluding carboxylic acids is 1. The predicted molar refractivity (Wildman–Crippen MR) is 44.7 cm³/mol. The monoisotopic (exact) mass is 169 g/mol. The van der Waals surface area contributed by atoms with Gasteiger partial charge in [0.05, 0.1) is 0 Å². The summed E-state index contributed by atoms with van der Waals surface area (Å²) < 4.78 is 5.38. The fourth-order valence-corrected chi connectivity index (χ4v) is 2.23. The van der Waals surface area contributed by atoms with Crippen molar-refractivity contribution in [3.05, 3.63) is 0 Å². The van der Waals surface area contributed by atoms with E-state index in [-0.39, 0.29) is 11.6 Å². The van der Waals surface area contributed by atoms with Crippen molar-refractivity contribution in [3.8, 4) is 0 Å². The van der Waals surface area contributed by atoms with E-state index >= 15 is 0 Å². The molecule has 2 atom stereocenters. The third-order valence-electron chi connectivity index (χ3n) is 3.05. The van der Waals surface area contributed by atoms with Crippen molar-refractivity contribution in [2.45, 2.75) is 31.8 Å². The molecule has 2 aliphatic rings. The van der Waals surface area contributed by atoms with E-state index in [1.807, 2.05) is 6.92 Å². The van der Waals surface area contributed by atoms with E-state index in [2.05, 4.69) is 5.32 Å². The van der Waals surface area contributed by atoms with E-state index < -0.39 is 0 Å². The van der Waals surface area contributed by atoms with Crippen LogP contribution in [0.1, 0.15) is 26.2 Å². The maximum absolute atomic E-state index is 11.1. The number of fused-ring (bicyclic) bond motifs is 1. The smallest absolute Gasteiger partial charge is 0.306 e. The maximum Gasteiger partial charge on any atom is 0.306 e. The molecule has 2 fully saturated rings. The van der Waals surface area contributed by atoms with Gasteiger partial charge in [0.25, 0.3) is 0 Å². The van der Waals surface area contributed by atoms with Crippen molar-refractivity contribution in [2.24, 2.45) is 5.92 Å². The summed E-state index contributed by atoms with van der Waals surface area (Å²) >= 11 is 0. The van der Waals surface area contributed by atoms with Crippen LogP contribution < -0.4 is 5.32 Å². The quantitative estimate of drug-likeness (QED) is 0.542. The van der Waals surface area contributed by atoms with Crippen molar-refractivity contribution in [3.63, 3.8) is 0 Å². The summed E-state index contributed by atoms with van der Waals surface area (Å²) in [6.45, 7) is 3.93. The average Bonchev–Trinajstić information content (AvgIpc) is 2.02. The lowest BCUT2D eigenvalue weighted by Crippen LogP contribution is -2.55. The molecule has 1 N–H and O–H groups in total. The molecule has 2 unspecified atom stereocenters. The molecule has 0 aromatic carbocycles. The molecule has 0 radical (unpaired) electrons. The molecule has 2 saturated heterocycles. The molecular formula is C9H15NO2. The second kappa shape index (κ2) is 2.73. The SMILES string of the molecule is CC12CNCCC1CCC(=O)O2. The Morgan fingerprint density at radius 3 is 3.25 bits per heavy atom. The molecule has 0 amide bonds. The average molecular weight is 169 g/mol. The standard InChI is InChI=1S/C9H15NO2/c1-9-6-10-5-4-7(9)2-3-8(11)12-9/h7,10H,2-6H2,1H3. The zero-order valence-corrected chi connectivity index (χ0v) is 7.43. The largest absolute Gasteiger partial charge is 0.458 e. The minimum atomic E-state index is -0.215. The van der Waals surface area contributed by atoms with E-state index in [1.165, 1.54) is 0 Å². The van der Waals surface area contributed by atoms with Gasteiger partial charge in [-0.3, -0.25) is 4.79 Å². The Morgan fingerprint density at radius 1 is 1.58 bits per heavy atom. The molecule has 0 spiro atoms. The maximum atomic E-state index is 11.1. The van der Waals surface area contributed by atoms with Gasteiger partial charge >= 0.3 is 5.97 Å². The normalized spacial score (nSPS) is 41.8. The van der Waals surface area contributed by atoms with Crippen LogP contribution in [0.2, 0.25) is 0 Å². The van der Waals surface area contributed by atoms with Gasteiger partial charge in [0.15, 0.2) is 0 Å². The van der Waals surface area contributed by atoms with Crippen molar-refractivity contribution in [2.75, 3.05) is 13.1 Å². The Labute approximate surface area is 72.5 Å². The highest BCUT2D eigenvalue weighted by Gasteiger charge is 2.42. The van der Waals surface area contributed by atoms with Gasteiger partial charge in [-0.15, -0.1) is 0 Å². The van der Waals surface area contributed by atoms with E-state index in [9.17, 15) is 4.79 Å². The van der Waals surface area contributed by atoms with Crippen LogP contribution >= 0.6 is 0 Å². The lowest BCUT2D eigenvalue weighted by atomic mass is 9.78. The van der Waals surface area contributed by atoms with Crippen molar-refractivity contribution in [1.29, 1.82) is 0 Å². The van der Waals surface area contributed by atoms with Crippen LogP contribution in [0.15, 0.2) is 0 Å². The van der Waals surface area contributed by atoms with Crippen LogP contribution in [0.4, 0.5) is 0 Å². The number of hydrogen-bond donors (Lipinski definition) is 1. The van der Waals surface area contributed by atoms with Gasteiger partial charge in [0.2, 0.25) is 0 Å². The molecule has 12 heavy (non-hydrogen) atoms. The van der Waals surface area contributed by atoms with Crippen LogP contribution in [0.3, 0.4) is 0 Å². The lowest BCUT2D eigenvalue weighted by molar-refractivity contribution is -0.175. The molecule has 0 bridgehead atoms. The summed E-state index contributed by atoms with van der Waals surface area (Å²) in [7, 11) is 0. The number of rotatable bonds is 0. The second-order valence-electron chi connectivity index (χ2n) is 3.99. The van der Waals surface area contributed by atoms with Gasteiger partial charge in [-0.1, -0.05) is 0 Å². The van der Waals surface area contributed by atoms with Crippen LogP contribution in [0.25, 0.3) is 0 Å². The van der Waals surface area contributed by atoms with Gasteiger partial charge in [-0.25, -0.2) is 0 Å². The number of ether oxygens (including phenoxy) is 1. The first-order valence-corrected chi connectivity index (χ1v) is 4.63. The Kier molecular flexibility index (Phi) is 1.83. The molecule has 3 heteroatoms. The summed E-state index contributed by atoms with van der Waals surface area (Å²) in [5.74, 6) is 0.550. The Balaban J connectivity index is 2.12. The zero-order chi connectivity index (χ0) is 8.60. The fraction of sp³-hybridized carbons (Fsp3) is 0.889. The second-order valence-corrected chi connectivity index (χ2v) is 3.99. The third kappa shape index (κ3) is 1.22.